The van der Waals surface area contributed by atoms with Gasteiger partial charge in [-0.05, 0) is 44.7 Å². The van der Waals surface area contributed by atoms with Crippen LogP contribution in [0.3, 0.4) is 0 Å². The highest BCUT2D eigenvalue weighted by molar-refractivity contribution is 5.55. The molecule has 2 N–H and O–H groups in total. The van der Waals surface area contributed by atoms with Gasteiger partial charge in [-0.2, -0.15) is 0 Å². The van der Waals surface area contributed by atoms with Gasteiger partial charge in [0.15, 0.2) is 11.6 Å². The molecule has 98 valence electrons. The largest absolute Gasteiger partial charge is 0.487 e. The molecule has 1 aliphatic heterocycles. The van der Waals surface area contributed by atoms with E-state index in [9.17, 15) is 0 Å². The topological polar surface area (TPSA) is 51.4 Å². The van der Waals surface area contributed by atoms with E-state index in [-0.39, 0.29) is 11.6 Å². The molecular formula is C14H21N3O. The van der Waals surface area contributed by atoms with Crippen molar-refractivity contribution in [3.05, 3.63) is 18.3 Å². The Kier molecular flexibility index (Phi) is 2.70. The molecule has 1 aromatic heterocycles. The van der Waals surface area contributed by atoms with Gasteiger partial charge in [-0.3, -0.25) is 0 Å². The zero-order valence-electron chi connectivity index (χ0n) is 11.1. The Hall–Kier alpha value is -1.29. The lowest BCUT2D eigenvalue weighted by Gasteiger charge is -2.49. The minimum atomic E-state index is 0.0205. The molecule has 4 nitrogen and oxygen atoms in total. The lowest BCUT2D eigenvalue weighted by atomic mass is 9.86. The van der Waals surface area contributed by atoms with E-state index in [1.165, 1.54) is 12.8 Å². The first-order chi connectivity index (χ1) is 8.58. The third kappa shape index (κ3) is 2.05. The molecule has 3 rings (SSSR count). The Morgan fingerprint density at radius 2 is 2.17 bits per heavy atom. The van der Waals surface area contributed by atoms with Gasteiger partial charge in [0.05, 0.1) is 11.6 Å². The lowest BCUT2D eigenvalue weighted by molar-refractivity contribution is 0.236. The molecule has 0 atom stereocenters. The van der Waals surface area contributed by atoms with Crippen molar-refractivity contribution in [3.8, 4) is 5.75 Å². The van der Waals surface area contributed by atoms with Gasteiger partial charge in [-0.25, -0.2) is 4.98 Å². The summed E-state index contributed by atoms with van der Waals surface area (Å²) >= 11 is 0. The summed E-state index contributed by atoms with van der Waals surface area (Å²) in [4.78, 5) is 6.68. The van der Waals surface area contributed by atoms with Gasteiger partial charge in [0.1, 0.15) is 0 Å². The Balaban J connectivity index is 1.73. The molecular weight excluding hydrogens is 226 g/mol. The second-order valence-electron chi connectivity index (χ2n) is 5.86. The molecule has 0 amide bonds. The normalized spacial score (nSPS) is 21.9. The quantitative estimate of drug-likeness (QED) is 0.881. The van der Waals surface area contributed by atoms with Crippen molar-refractivity contribution >= 4 is 5.82 Å². The molecule has 18 heavy (non-hydrogen) atoms. The average molecular weight is 247 g/mol. The number of anilines is 1. The van der Waals surface area contributed by atoms with Crippen LogP contribution in [-0.4, -0.2) is 29.7 Å². The lowest BCUT2D eigenvalue weighted by Crippen LogP contribution is -2.69. The highest BCUT2D eigenvalue weighted by atomic mass is 16.5. The molecule has 2 aliphatic rings. The van der Waals surface area contributed by atoms with Crippen molar-refractivity contribution in [2.75, 3.05) is 18.0 Å². The highest BCUT2D eigenvalue weighted by Crippen LogP contribution is 2.45. The van der Waals surface area contributed by atoms with Crippen molar-refractivity contribution in [3.63, 3.8) is 0 Å². The van der Waals surface area contributed by atoms with E-state index >= 15 is 0 Å². The van der Waals surface area contributed by atoms with Crippen LogP contribution in [0.2, 0.25) is 0 Å². The Morgan fingerprint density at radius 3 is 2.78 bits per heavy atom. The predicted molar refractivity (Wildman–Crippen MR) is 71.9 cm³/mol. The molecule has 0 aromatic carbocycles. The van der Waals surface area contributed by atoms with Crippen LogP contribution in [0.4, 0.5) is 5.82 Å². The summed E-state index contributed by atoms with van der Waals surface area (Å²) in [5.74, 6) is 2.53. The first-order valence-corrected chi connectivity index (χ1v) is 6.74. The summed E-state index contributed by atoms with van der Waals surface area (Å²) in [6.45, 7) is 5.88. The van der Waals surface area contributed by atoms with Gasteiger partial charge < -0.3 is 15.4 Å². The van der Waals surface area contributed by atoms with E-state index < -0.39 is 0 Å². The second kappa shape index (κ2) is 4.12. The molecule has 2 fully saturated rings. The van der Waals surface area contributed by atoms with Crippen LogP contribution < -0.4 is 15.4 Å². The fraction of sp³-hybridized carbons (Fsp3) is 0.643. The van der Waals surface area contributed by atoms with Crippen LogP contribution in [0, 0.1) is 5.92 Å². The standard InChI is InChI=1S/C14H21N3O/c1-10(2)18-12-4-3-7-16-13(12)17-8-14(15,9-17)11-5-6-11/h3-4,7,10-11H,5-6,8-9,15H2,1-2H3. The smallest absolute Gasteiger partial charge is 0.171 e. The highest BCUT2D eigenvalue weighted by Gasteiger charge is 2.51. The maximum Gasteiger partial charge on any atom is 0.171 e. The van der Waals surface area contributed by atoms with Crippen molar-refractivity contribution in [1.82, 2.24) is 4.98 Å². The first-order valence-electron chi connectivity index (χ1n) is 6.74. The number of rotatable bonds is 4. The first kappa shape index (κ1) is 11.8. The molecule has 1 saturated carbocycles. The van der Waals surface area contributed by atoms with Gasteiger partial charge in [0, 0.05) is 19.3 Å². The number of nitrogens with zero attached hydrogens (tertiary/aromatic N) is 2. The van der Waals surface area contributed by atoms with Crippen LogP contribution in [0.25, 0.3) is 0 Å². The third-order valence-corrected chi connectivity index (χ3v) is 3.77. The van der Waals surface area contributed by atoms with Crippen molar-refractivity contribution < 1.29 is 4.74 Å². The third-order valence-electron chi connectivity index (χ3n) is 3.77. The van der Waals surface area contributed by atoms with Crippen LogP contribution in [0.15, 0.2) is 18.3 Å². The number of hydrogen-bond acceptors (Lipinski definition) is 4. The van der Waals surface area contributed by atoms with Crippen LogP contribution in [0.5, 0.6) is 5.75 Å². The zero-order chi connectivity index (χ0) is 12.8. The summed E-state index contributed by atoms with van der Waals surface area (Å²) in [6, 6.07) is 3.90. The monoisotopic (exact) mass is 247 g/mol. The Morgan fingerprint density at radius 1 is 1.44 bits per heavy atom. The predicted octanol–water partition coefficient (Wildman–Crippen LogP) is 1.80. The van der Waals surface area contributed by atoms with E-state index in [2.05, 4.69) is 9.88 Å². The molecule has 2 heterocycles. The Bertz CT molecular complexity index is 436. The summed E-state index contributed by atoms with van der Waals surface area (Å²) in [5, 5.41) is 0. The molecule has 0 unspecified atom stereocenters. The maximum atomic E-state index is 6.38. The second-order valence-corrected chi connectivity index (χ2v) is 5.86. The van der Waals surface area contributed by atoms with Gasteiger partial charge in [0.25, 0.3) is 0 Å². The molecule has 1 aromatic rings. The summed E-state index contributed by atoms with van der Waals surface area (Å²) in [5.41, 5.74) is 6.40. The van der Waals surface area contributed by atoms with Gasteiger partial charge in [-0.15, -0.1) is 0 Å². The summed E-state index contributed by atoms with van der Waals surface area (Å²) < 4.78 is 5.80. The molecule has 1 saturated heterocycles. The fourth-order valence-electron chi connectivity index (χ4n) is 2.70. The number of nitrogens with two attached hydrogens (primary N) is 1. The van der Waals surface area contributed by atoms with Gasteiger partial charge in [-0.1, -0.05) is 0 Å². The fourth-order valence-corrected chi connectivity index (χ4v) is 2.70. The molecule has 0 bridgehead atoms. The van der Waals surface area contributed by atoms with E-state index in [0.717, 1.165) is 30.6 Å². The Labute approximate surface area is 108 Å². The average Bonchev–Trinajstić information content (AvgIpc) is 3.09. The van der Waals surface area contributed by atoms with Crippen LogP contribution in [0.1, 0.15) is 26.7 Å². The SMILES string of the molecule is CC(C)Oc1cccnc1N1CC(N)(C2CC2)C1. The summed E-state index contributed by atoms with van der Waals surface area (Å²) in [7, 11) is 0. The zero-order valence-corrected chi connectivity index (χ0v) is 11.1. The molecule has 4 heteroatoms. The van der Waals surface area contributed by atoms with Gasteiger partial charge >= 0.3 is 0 Å². The van der Waals surface area contributed by atoms with Crippen LogP contribution in [-0.2, 0) is 0 Å². The summed E-state index contributed by atoms with van der Waals surface area (Å²) in [6.07, 6.45) is 4.57. The van der Waals surface area contributed by atoms with E-state index in [1.54, 1.807) is 0 Å². The van der Waals surface area contributed by atoms with Crippen molar-refractivity contribution in [2.24, 2.45) is 11.7 Å². The van der Waals surface area contributed by atoms with Crippen molar-refractivity contribution in [1.29, 1.82) is 0 Å². The minimum Gasteiger partial charge on any atom is -0.487 e. The number of pyridine rings is 1. The molecule has 0 radical (unpaired) electrons. The van der Waals surface area contributed by atoms with Crippen molar-refractivity contribution in [2.45, 2.75) is 38.3 Å². The van der Waals surface area contributed by atoms with Gasteiger partial charge in [0.2, 0.25) is 0 Å². The molecule has 1 aliphatic carbocycles. The van der Waals surface area contributed by atoms with E-state index in [1.807, 2.05) is 32.2 Å². The van der Waals surface area contributed by atoms with E-state index in [0.29, 0.717) is 0 Å². The van der Waals surface area contributed by atoms with Crippen LogP contribution >= 0.6 is 0 Å². The molecule has 0 spiro atoms. The number of aromatic nitrogens is 1. The minimum absolute atomic E-state index is 0.0205. The number of hydrogen-bond donors (Lipinski definition) is 1. The van der Waals surface area contributed by atoms with E-state index in [4.69, 9.17) is 10.5 Å². The maximum absolute atomic E-state index is 6.38. The number of ether oxygens (including phenoxy) is 1.